The van der Waals surface area contributed by atoms with Crippen molar-refractivity contribution in [1.29, 1.82) is 0 Å². The number of nitrogens with one attached hydrogen (secondary N) is 2. The van der Waals surface area contributed by atoms with Gasteiger partial charge in [0.25, 0.3) is 0 Å². The standard InChI is InChI=1S/C17H24F3N3O3/c1-21-16(23-10-13-4-3-7-25-13)22-9-12-5-6-14(15(8-12)24-2)26-11-17(18,19)20/h5-6,8,13H,3-4,7,9-11H2,1-2H3,(H2,21,22,23). The van der Waals surface area contributed by atoms with Gasteiger partial charge in [0.05, 0.1) is 13.2 Å². The van der Waals surface area contributed by atoms with Crippen molar-refractivity contribution in [2.24, 2.45) is 4.99 Å². The van der Waals surface area contributed by atoms with Gasteiger partial charge in [-0.25, -0.2) is 0 Å². The number of hydrogen-bond acceptors (Lipinski definition) is 4. The summed E-state index contributed by atoms with van der Waals surface area (Å²) in [6.07, 6.45) is -2.10. The summed E-state index contributed by atoms with van der Waals surface area (Å²) in [6, 6.07) is 4.77. The van der Waals surface area contributed by atoms with E-state index in [1.54, 1.807) is 19.2 Å². The fourth-order valence-corrected chi connectivity index (χ4v) is 2.52. The lowest BCUT2D eigenvalue weighted by Gasteiger charge is -2.16. The van der Waals surface area contributed by atoms with Crippen LogP contribution in [0.3, 0.4) is 0 Å². The van der Waals surface area contributed by atoms with Crippen LogP contribution >= 0.6 is 0 Å². The number of methoxy groups -OCH3 is 1. The quantitative estimate of drug-likeness (QED) is 0.566. The Labute approximate surface area is 150 Å². The third-order valence-electron chi connectivity index (χ3n) is 3.82. The van der Waals surface area contributed by atoms with Gasteiger partial charge in [0.2, 0.25) is 0 Å². The molecule has 0 radical (unpaired) electrons. The fraction of sp³-hybridized carbons (Fsp3) is 0.588. The molecule has 1 aromatic carbocycles. The summed E-state index contributed by atoms with van der Waals surface area (Å²) in [6.45, 7) is 0.538. The highest BCUT2D eigenvalue weighted by Gasteiger charge is 2.29. The Morgan fingerprint density at radius 2 is 2.12 bits per heavy atom. The van der Waals surface area contributed by atoms with Crippen LogP contribution in [0, 0.1) is 0 Å². The van der Waals surface area contributed by atoms with Gasteiger partial charge in [-0.1, -0.05) is 6.07 Å². The number of guanidine groups is 1. The minimum Gasteiger partial charge on any atom is -0.493 e. The van der Waals surface area contributed by atoms with E-state index in [2.05, 4.69) is 15.6 Å². The van der Waals surface area contributed by atoms with Crippen molar-refractivity contribution < 1.29 is 27.4 Å². The van der Waals surface area contributed by atoms with E-state index in [1.165, 1.54) is 13.2 Å². The van der Waals surface area contributed by atoms with Gasteiger partial charge in [-0.05, 0) is 30.5 Å². The summed E-state index contributed by atoms with van der Waals surface area (Å²) < 4.78 is 52.3. The summed E-state index contributed by atoms with van der Waals surface area (Å²) >= 11 is 0. The number of hydrogen-bond donors (Lipinski definition) is 2. The number of rotatable bonds is 7. The Kier molecular flexibility index (Phi) is 7.38. The first-order valence-electron chi connectivity index (χ1n) is 8.34. The van der Waals surface area contributed by atoms with Gasteiger partial charge >= 0.3 is 6.18 Å². The second-order valence-electron chi connectivity index (χ2n) is 5.83. The Hall–Kier alpha value is -2.16. The predicted octanol–water partition coefficient (Wildman–Crippen LogP) is 2.48. The average Bonchev–Trinajstić information content (AvgIpc) is 3.13. The van der Waals surface area contributed by atoms with Crippen molar-refractivity contribution in [1.82, 2.24) is 10.6 Å². The summed E-state index contributed by atoms with van der Waals surface area (Å²) in [7, 11) is 3.05. The van der Waals surface area contributed by atoms with E-state index >= 15 is 0 Å². The van der Waals surface area contributed by atoms with Gasteiger partial charge in [0.15, 0.2) is 24.1 Å². The van der Waals surface area contributed by atoms with Crippen molar-refractivity contribution in [3.8, 4) is 11.5 Å². The van der Waals surface area contributed by atoms with Crippen LogP contribution in [0.4, 0.5) is 13.2 Å². The summed E-state index contributed by atoms with van der Waals surface area (Å²) in [5, 5.41) is 6.34. The topological polar surface area (TPSA) is 64.1 Å². The molecule has 1 heterocycles. The molecular formula is C17H24F3N3O3. The average molecular weight is 375 g/mol. The van der Waals surface area contributed by atoms with Crippen LogP contribution in [0.2, 0.25) is 0 Å². The van der Waals surface area contributed by atoms with Gasteiger partial charge < -0.3 is 24.8 Å². The third-order valence-corrected chi connectivity index (χ3v) is 3.82. The first kappa shape index (κ1) is 20.2. The maximum absolute atomic E-state index is 12.3. The van der Waals surface area contributed by atoms with E-state index in [0.29, 0.717) is 19.0 Å². The number of aliphatic imine (C=N–C) groups is 1. The second-order valence-corrected chi connectivity index (χ2v) is 5.83. The molecule has 0 aliphatic carbocycles. The molecule has 9 heteroatoms. The van der Waals surface area contributed by atoms with E-state index in [1.807, 2.05) is 0 Å². The number of benzene rings is 1. The molecule has 6 nitrogen and oxygen atoms in total. The van der Waals surface area contributed by atoms with Crippen LogP contribution in [-0.4, -0.2) is 52.2 Å². The Bertz CT molecular complexity index is 603. The van der Waals surface area contributed by atoms with Crippen LogP contribution in [0.1, 0.15) is 18.4 Å². The van der Waals surface area contributed by atoms with Crippen molar-refractivity contribution in [2.45, 2.75) is 31.7 Å². The molecule has 1 atom stereocenters. The van der Waals surface area contributed by atoms with Crippen LogP contribution in [0.5, 0.6) is 11.5 Å². The number of nitrogens with zero attached hydrogens (tertiary/aromatic N) is 1. The van der Waals surface area contributed by atoms with Crippen LogP contribution < -0.4 is 20.1 Å². The lowest BCUT2D eigenvalue weighted by atomic mass is 10.2. The molecule has 1 unspecified atom stereocenters. The fourth-order valence-electron chi connectivity index (χ4n) is 2.52. The number of halogens is 3. The maximum atomic E-state index is 12.3. The highest BCUT2D eigenvalue weighted by Crippen LogP contribution is 2.29. The zero-order valence-corrected chi connectivity index (χ0v) is 14.9. The van der Waals surface area contributed by atoms with E-state index in [9.17, 15) is 13.2 Å². The molecule has 1 saturated heterocycles. The van der Waals surface area contributed by atoms with Crippen molar-refractivity contribution in [3.63, 3.8) is 0 Å². The van der Waals surface area contributed by atoms with Crippen molar-refractivity contribution >= 4 is 5.96 Å². The van der Waals surface area contributed by atoms with Gasteiger partial charge in [0.1, 0.15) is 0 Å². The maximum Gasteiger partial charge on any atom is 0.422 e. The van der Waals surface area contributed by atoms with E-state index in [4.69, 9.17) is 14.2 Å². The zero-order chi connectivity index (χ0) is 19.0. The number of ether oxygens (including phenoxy) is 3. The molecule has 146 valence electrons. The third kappa shape index (κ3) is 6.62. The molecular weight excluding hydrogens is 351 g/mol. The molecule has 1 aliphatic rings. The molecule has 2 N–H and O–H groups in total. The van der Waals surface area contributed by atoms with Crippen molar-refractivity contribution in [3.05, 3.63) is 23.8 Å². The van der Waals surface area contributed by atoms with Crippen molar-refractivity contribution in [2.75, 3.05) is 33.9 Å². The Morgan fingerprint density at radius 1 is 1.31 bits per heavy atom. The summed E-state index contributed by atoms with van der Waals surface area (Å²) in [5.74, 6) is 0.919. The van der Waals surface area contributed by atoms with Gasteiger partial charge in [0, 0.05) is 26.7 Å². The van der Waals surface area contributed by atoms with Crippen LogP contribution in [-0.2, 0) is 11.3 Å². The Balaban J connectivity index is 1.87. The molecule has 1 fully saturated rings. The zero-order valence-electron chi connectivity index (χ0n) is 14.9. The number of alkyl halides is 3. The van der Waals surface area contributed by atoms with E-state index < -0.39 is 12.8 Å². The first-order chi connectivity index (χ1) is 12.4. The van der Waals surface area contributed by atoms with Crippen LogP contribution in [0.25, 0.3) is 0 Å². The largest absolute Gasteiger partial charge is 0.493 e. The molecule has 0 amide bonds. The molecule has 0 spiro atoms. The second kappa shape index (κ2) is 9.51. The molecule has 0 aromatic heterocycles. The highest BCUT2D eigenvalue weighted by atomic mass is 19.4. The molecule has 0 bridgehead atoms. The predicted molar refractivity (Wildman–Crippen MR) is 91.7 cm³/mol. The minimum atomic E-state index is -4.40. The molecule has 2 rings (SSSR count). The molecule has 26 heavy (non-hydrogen) atoms. The highest BCUT2D eigenvalue weighted by molar-refractivity contribution is 5.79. The van der Waals surface area contributed by atoms with E-state index in [-0.39, 0.29) is 17.6 Å². The Morgan fingerprint density at radius 3 is 2.73 bits per heavy atom. The molecule has 1 aromatic rings. The van der Waals surface area contributed by atoms with Gasteiger partial charge in [-0.15, -0.1) is 0 Å². The monoisotopic (exact) mass is 375 g/mol. The lowest BCUT2D eigenvalue weighted by molar-refractivity contribution is -0.153. The summed E-state index contributed by atoms with van der Waals surface area (Å²) in [5.41, 5.74) is 0.821. The van der Waals surface area contributed by atoms with E-state index in [0.717, 1.165) is 25.0 Å². The SMILES string of the molecule is CN=C(NCc1ccc(OCC(F)(F)F)c(OC)c1)NCC1CCCO1. The lowest BCUT2D eigenvalue weighted by Crippen LogP contribution is -2.40. The molecule has 0 saturated carbocycles. The van der Waals surface area contributed by atoms with Crippen LogP contribution in [0.15, 0.2) is 23.2 Å². The smallest absolute Gasteiger partial charge is 0.422 e. The van der Waals surface area contributed by atoms with Gasteiger partial charge in [-0.2, -0.15) is 13.2 Å². The normalized spacial score (nSPS) is 17.9. The van der Waals surface area contributed by atoms with Gasteiger partial charge in [-0.3, -0.25) is 4.99 Å². The minimum absolute atomic E-state index is 0.0504. The first-order valence-corrected chi connectivity index (χ1v) is 8.34. The summed E-state index contributed by atoms with van der Waals surface area (Å²) in [4.78, 5) is 4.14. The molecule has 1 aliphatic heterocycles.